The zero-order valence-corrected chi connectivity index (χ0v) is 36.2. The van der Waals surface area contributed by atoms with Gasteiger partial charge in [-0.1, -0.05) is 182 Å². The summed E-state index contributed by atoms with van der Waals surface area (Å²) in [6, 6.07) is 65.4. The van der Waals surface area contributed by atoms with E-state index in [9.17, 15) is 0 Å². The van der Waals surface area contributed by atoms with Gasteiger partial charge >= 0.3 is 0 Å². The Kier molecular flexibility index (Phi) is 8.77. The van der Waals surface area contributed by atoms with Crippen LogP contribution in [0.25, 0.3) is 94.4 Å². The summed E-state index contributed by atoms with van der Waals surface area (Å²) in [4.78, 5) is 5.21. The molecule has 0 spiro atoms. The molecular formula is C60H48N2. The van der Waals surface area contributed by atoms with Gasteiger partial charge in [-0.25, -0.2) is 0 Å². The van der Waals surface area contributed by atoms with Crippen molar-refractivity contribution in [1.82, 2.24) is 9.55 Å². The van der Waals surface area contributed by atoms with Gasteiger partial charge in [-0.05, 0) is 114 Å². The second kappa shape index (κ2) is 14.4. The number of fused-ring (bicyclic) bond motifs is 6. The number of hydrogen-bond acceptors (Lipinski definition) is 1. The van der Waals surface area contributed by atoms with Crippen LogP contribution in [0.4, 0.5) is 0 Å². The molecule has 1 aliphatic carbocycles. The van der Waals surface area contributed by atoms with Crippen LogP contribution in [0.1, 0.15) is 47.2 Å². The summed E-state index contributed by atoms with van der Waals surface area (Å²) in [5, 5.41) is 2.51. The predicted molar refractivity (Wildman–Crippen MR) is 262 cm³/mol. The number of pyridine rings is 1. The largest absolute Gasteiger partial charge is 0.309 e. The number of para-hydroxylation sites is 1. The van der Waals surface area contributed by atoms with Gasteiger partial charge in [0.2, 0.25) is 0 Å². The highest BCUT2D eigenvalue weighted by Crippen LogP contribution is 2.51. The maximum absolute atomic E-state index is 5.21. The molecule has 2 heterocycles. The maximum Gasteiger partial charge on any atom is 0.0703 e. The Balaban J connectivity index is 1.14. The van der Waals surface area contributed by atoms with Crippen molar-refractivity contribution in [3.63, 3.8) is 0 Å². The Labute approximate surface area is 364 Å². The first-order valence-electron chi connectivity index (χ1n) is 21.8. The van der Waals surface area contributed by atoms with E-state index in [-0.39, 0.29) is 5.41 Å². The number of nitrogens with zero attached hydrogens (tertiary/aromatic N) is 2. The second-order valence-electron chi connectivity index (χ2n) is 17.9. The molecule has 0 bridgehead atoms. The van der Waals surface area contributed by atoms with Crippen molar-refractivity contribution in [3.8, 4) is 72.6 Å². The van der Waals surface area contributed by atoms with Gasteiger partial charge in [0.15, 0.2) is 0 Å². The third kappa shape index (κ3) is 6.12. The molecular weight excluding hydrogens is 749 g/mol. The molecule has 298 valence electrons. The normalized spacial score (nSPS) is 12.8. The van der Waals surface area contributed by atoms with E-state index in [4.69, 9.17) is 4.98 Å². The lowest BCUT2D eigenvalue weighted by atomic mass is 9.82. The van der Waals surface area contributed by atoms with Gasteiger partial charge in [-0.15, -0.1) is 0 Å². The fourth-order valence-electron chi connectivity index (χ4n) is 10.5. The van der Waals surface area contributed by atoms with E-state index in [2.05, 4.69) is 222 Å². The molecule has 0 atom stereocenters. The number of aryl methyl sites for hydroxylation is 4. The van der Waals surface area contributed by atoms with Gasteiger partial charge in [0.25, 0.3) is 0 Å². The Morgan fingerprint density at radius 1 is 0.371 bits per heavy atom. The second-order valence-corrected chi connectivity index (χ2v) is 17.9. The summed E-state index contributed by atoms with van der Waals surface area (Å²) in [7, 11) is 0. The number of hydrogen-bond donors (Lipinski definition) is 0. The summed E-state index contributed by atoms with van der Waals surface area (Å²) in [6.45, 7) is 13.5. The fraction of sp³-hybridized carbons (Fsp3) is 0.117. The van der Waals surface area contributed by atoms with Crippen LogP contribution in [0.5, 0.6) is 0 Å². The molecule has 1 aliphatic rings. The molecule has 2 heteroatoms. The molecule has 62 heavy (non-hydrogen) atoms. The molecule has 0 radical (unpaired) electrons. The number of rotatable bonds is 6. The molecule has 10 aromatic rings. The first-order chi connectivity index (χ1) is 30.1. The summed E-state index contributed by atoms with van der Waals surface area (Å²) >= 11 is 0. The Morgan fingerprint density at radius 2 is 0.919 bits per heavy atom. The van der Waals surface area contributed by atoms with Crippen molar-refractivity contribution in [1.29, 1.82) is 0 Å². The summed E-state index contributed by atoms with van der Waals surface area (Å²) in [6.07, 6.45) is 2.04. The van der Waals surface area contributed by atoms with Crippen LogP contribution >= 0.6 is 0 Å². The van der Waals surface area contributed by atoms with Crippen LogP contribution in [0.3, 0.4) is 0 Å². The molecule has 0 amide bonds. The van der Waals surface area contributed by atoms with E-state index in [0.717, 1.165) is 22.5 Å². The van der Waals surface area contributed by atoms with E-state index in [1.807, 2.05) is 6.20 Å². The Bertz CT molecular complexity index is 3370. The topological polar surface area (TPSA) is 17.8 Å². The molecule has 8 aromatic carbocycles. The van der Waals surface area contributed by atoms with E-state index in [1.165, 1.54) is 105 Å². The maximum atomic E-state index is 5.21. The van der Waals surface area contributed by atoms with Gasteiger partial charge in [-0.3, -0.25) is 4.98 Å². The quantitative estimate of drug-likeness (QED) is 0.164. The first kappa shape index (κ1) is 37.7. The predicted octanol–water partition coefficient (Wildman–Crippen LogP) is 16.1. The molecule has 0 aliphatic heterocycles. The average molecular weight is 797 g/mol. The summed E-state index contributed by atoms with van der Waals surface area (Å²) in [5.74, 6) is 0. The third-order valence-electron chi connectivity index (χ3n) is 13.2. The van der Waals surface area contributed by atoms with Gasteiger partial charge in [0.1, 0.15) is 0 Å². The van der Waals surface area contributed by atoms with Crippen molar-refractivity contribution in [2.24, 2.45) is 0 Å². The van der Waals surface area contributed by atoms with E-state index in [1.54, 1.807) is 0 Å². The smallest absolute Gasteiger partial charge is 0.0703 e. The highest BCUT2D eigenvalue weighted by Gasteiger charge is 2.36. The van der Waals surface area contributed by atoms with Crippen molar-refractivity contribution >= 4 is 21.8 Å². The molecule has 2 aromatic heterocycles. The van der Waals surface area contributed by atoms with Crippen molar-refractivity contribution in [3.05, 3.63) is 216 Å². The van der Waals surface area contributed by atoms with Gasteiger partial charge in [0, 0.05) is 39.1 Å². The fourth-order valence-corrected chi connectivity index (χ4v) is 10.5. The van der Waals surface area contributed by atoms with E-state index < -0.39 is 0 Å². The molecule has 0 saturated carbocycles. The summed E-state index contributed by atoms with van der Waals surface area (Å²) in [5.41, 5.74) is 25.4. The number of benzene rings is 8. The van der Waals surface area contributed by atoms with Gasteiger partial charge in [0.05, 0.1) is 22.4 Å². The number of aromatic nitrogens is 2. The van der Waals surface area contributed by atoms with Gasteiger partial charge < -0.3 is 4.57 Å². The highest BCUT2D eigenvalue weighted by molar-refractivity contribution is 6.12. The lowest BCUT2D eigenvalue weighted by Gasteiger charge is -2.22. The summed E-state index contributed by atoms with van der Waals surface area (Å²) < 4.78 is 2.52. The van der Waals surface area contributed by atoms with Crippen molar-refractivity contribution in [2.45, 2.75) is 47.0 Å². The van der Waals surface area contributed by atoms with Crippen LogP contribution < -0.4 is 0 Å². The standard InChI is InChI=1S/C60H48N2/c1-37-27-38(2)30-43(29-37)46-16-8-7-15-45(46)42-24-26-56(61-36-42)41-23-25-51(48-18-10-9-17-47(48)44-31-39(3)28-40(4)32-44)58(33-41)62-57-22-14-12-20-50(57)53-34-52-49-19-11-13-21-54(49)60(5,6)55(52)35-59(53)62/h7-36H,1-6H3. The first-order valence-corrected chi connectivity index (χ1v) is 21.8. The molecule has 11 rings (SSSR count). The van der Waals surface area contributed by atoms with Crippen LogP contribution in [-0.4, -0.2) is 9.55 Å². The molecule has 2 nitrogen and oxygen atoms in total. The van der Waals surface area contributed by atoms with Crippen LogP contribution in [-0.2, 0) is 5.41 Å². The zero-order valence-electron chi connectivity index (χ0n) is 36.2. The molecule has 0 unspecified atom stereocenters. The minimum atomic E-state index is -0.135. The molecule has 0 fully saturated rings. The van der Waals surface area contributed by atoms with Crippen LogP contribution in [0.15, 0.2) is 182 Å². The average Bonchev–Trinajstić information content (AvgIpc) is 3.72. The third-order valence-corrected chi connectivity index (χ3v) is 13.2. The molecule has 0 saturated heterocycles. The lowest BCUT2D eigenvalue weighted by molar-refractivity contribution is 0.661. The zero-order chi connectivity index (χ0) is 42.3. The lowest BCUT2D eigenvalue weighted by Crippen LogP contribution is -2.15. The minimum absolute atomic E-state index is 0.135. The van der Waals surface area contributed by atoms with E-state index >= 15 is 0 Å². The van der Waals surface area contributed by atoms with Crippen molar-refractivity contribution < 1.29 is 0 Å². The highest BCUT2D eigenvalue weighted by atomic mass is 15.0. The molecule has 0 N–H and O–H groups in total. The van der Waals surface area contributed by atoms with Gasteiger partial charge in [-0.2, -0.15) is 0 Å². The van der Waals surface area contributed by atoms with Crippen LogP contribution in [0, 0.1) is 27.7 Å². The minimum Gasteiger partial charge on any atom is -0.309 e. The SMILES string of the molecule is Cc1cc(C)cc(-c2ccccc2-c2ccc(-c3ccc(-c4ccccc4-c4cc(C)cc(C)c4)c(-n4c5ccccc5c5cc6c(cc54)C(C)(C)c4ccccc4-6)c3)nc2)c1. The van der Waals surface area contributed by atoms with Crippen LogP contribution in [0.2, 0.25) is 0 Å². The van der Waals surface area contributed by atoms with E-state index in [0.29, 0.717) is 0 Å². The Morgan fingerprint density at radius 3 is 1.56 bits per heavy atom. The monoisotopic (exact) mass is 796 g/mol. The van der Waals surface area contributed by atoms with Crippen molar-refractivity contribution in [2.75, 3.05) is 0 Å². The Hall–Kier alpha value is -7.29.